The van der Waals surface area contributed by atoms with Crippen molar-refractivity contribution in [1.29, 1.82) is 0 Å². The minimum Gasteiger partial charge on any atom is -0.389 e. The van der Waals surface area contributed by atoms with Crippen LogP contribution in [-0.2, 0) is 0 Å². The molecule has 0 bridgehead atoms. The van der Waals surface area contributed by atoms with Gasteiger partial charge in [-0.1, -0.05) is 18.6 Å². The third-order valence-electron chi connectivity index (χ3n) is 1.34. The lowest BCUT2D eigenvalue weighted by Gasteiger charge is -1.98. The third kappa shape index (κ3) is 1.66. The van der Waals surface area contributed by atoms with Crippen LogP contribution in [0.4, 0.5) is 0 Å². The highest BCUT2D eigenvalue weighted by Gasteiger charge is 2.00. The molecule has 0 amide bonds. The summed E-state index contributed by atoms with van der Waals surface area (Å²) in [6.45, 7) is 0. The van der Waals surface area contributed by atoms with Crippen LogP contribution in [0.3, 0.4) is 0 Å². The molecular formula is C7H12O. The second-order valence-corrected chi connectivity index (χ2v) is 2.12. The van der Waals surface area contributed by atoms with Crippen molar-refractivity contribution in [3.63, 3.8) is 0 Å². The average molecular weight is 113 g/mol. The van der Waals surface area contributed by atoms with Crippen LogP contribution in [-0.4, -0.2) is 11.2 Å². The molecule has 0 saturated carbocycles. The fourth-order valence-corrected chi connectivity index (χ4v) is 0.844. The van der Waals surface area contributed by atoms with Gasteiger partial charge < -0.3 is 5.11 Å². The standard InChI is InChI=1S/C7H12O/c8-7-5-3-1-2-4-6-7/h3,5,7-8H,1-2,4,6H2/t7-/m0/s1/i1D/t1-,7+/m1. The van der Waals surface area contributed by atoms with Gasteiger partial charge in [0.2, 0.25) is 0 Å². The number of rotatable bonds is 0. The van der Waals surface area contributed by atoms with E-state index in [0.717, 1.165) is 19.3 Å². The highest BCUT2D eigenvalue weighted by atomic mass is 16.3. The lowest BCUT2D eigenvalue weighted by molar-refractivity contribution is 0.211. The summed E-state index contributed by atoms with van der Waals surface area (Å²) in [5.74, 6) is 0. The molecule has 1 N–H and O–H groups in total. The average Bonchev–Trinajstić information content (AvgIpc) is 1.97. The third-order valence-corrected chi connectivity index (χ3v) is 1.34. The Morgan fingerprint density at radius 3 is 3.38 bits per heavy atom. The van der Waals surface area contributed by atoms with Gasteiger partial charge in [-0.3, -0.25) is 0 Å². The van der Waals surface area contributed by atoms with E-state index in [-0.39, 0.29) is 12.5 Å². The van der Waals surface area contributed by atoms with Crippen molar-refractivity contribution < 1.29 is 6.48 Å². The van der Waals surface area contributed by atoms with Gasteiger partial charge in [-0.25, -0.2) is 0 Å². The van der Waals surface area contributed by atoms with E-state index in [1.165, 1.54) is 0 Å². The molecule has 1 rings (SSSR count). The van der Waals surface area contributed by atoms with Gasteiger partial charge in [0.25, 0.3) is 0 Å². The van der Waals surface area contributed by atoms with E-state index < -0.39 is 0 Å². The van der Waals surface area contributed by atoms with E-state index in [1.54, 1.807) is 12.2 Å². The second-order valence-electron chi connectivity index (χ2n) is 2.12. The molecule has 46 valence electrons. The molecule has 0 aromatic heterocycles. The van der Waals surface area contributed by atoms with Crippen LogP contribution in [0.2, 0.25) is 0 Å². The maximum absolute atomic E-state index is 9.04. The van der Waals surface area contributed by atoms with Crippen molar-refractivity contribution in [2.45, 2.75) is 31.8 Å². The van der Waals surface area contributed by atoms with Gasteiger partial charge in [0, 0.05) is 1.37 Å². The molecule has 1 aliphatic carbocycles. The van der Waals surface area contributed by atoms with Crippen LogP contribution >= 0.6 is 0 Å². The number of aliphatic hydroxyl groups excluding tert-OH is 1. The van der Waals surface area contributed by atoms with Gasteiger partial charge in [0.1, 0.15) is 0 Å². The Bertz CT molecular complexity index is 99.5. The molecule has 1 aliphatic rings. The van der Waals surface area contributed by atoms with Crippen LogP contribution in [0, 0.1) is 0 Å². The largest absolute Gasteiger partial charge is 0.389 e. The summed E-state index contributed by atoms with van der Waals surface area (Å²) >= 11 is 0. The number of hydrogen-bond acceptors (Lipinski definition) is 1. The Morgan fingerprint density at radius 1 is 1.62 bits per heavy atom. The van der Waals surface area contributed by atoms with Crippen molar-refractivity contribution in [3.05, 3.63) is 12.2 Å². The van der Waals surface area contributed by atoms with Crippen molar-refractivity contribution in [3.8, 4) is 0 Å². The van der Waals surface area contributed by atoms with Crippen molar-refractivity contribution in [2.75, 3.05) is 0 Å². The topological polar surface area (TPSA) is 20.2 Å². The highest BCUT2D eigenvalue weighted by Crippen LogP contribution is 2.09. The second kappa shape index (κ2) is 2.88. The van der Waals surface area contributed by atoms with E-state index in [4.69, 9.17) is 6.48 Å². The summed E-state index contributed by atoms with van der Waals surface area (Å²) in [6, 6.07) is 0. The van der Waals surface area contributed by atoms with Gasteiger partial charge in [-0.15, -0.1) is 0 Å². The first-order chi connectivity index (χ1) is 4.29. The fourth-order valence-electron chi connectivity index (χ4n) is 0.844. The van der Waals surface area contributed by atoms with Crippen LogP contribution < -0.4 is 0 Å². The SMILES string of the molecule is [2H][C@H]1C=C[C@H](O)CCC1. The Labute approximate surface area is 51.4 Å². The molecule has 0 aliphatic heterocycles. The molecule has 0 saturated heterocycles. The predicted octanol–water partition coefficient (Wildman–Crippen LogP) is 1.48. The molecular weight excluding hydrogens is 100 g/mol. The zero-order valence-corrected chi connectivity index (χ0v) is 4.88. The van der Waals surface area contributed by atoms with Crippen molar-refractivity contribution in [1.82, 2.24) is 0 Å². The summed E-state index contributed by atoms with van der Waals surface area (Å²) < 4.78 is 7.30. The number of hydrogen-bond donors (Lipinski definition) is 1. The molecule has 1 heteroatoms. The molecule has 2 atom stereocenters. The first kappa shape index (κ1) is 4.57. The maximum atomic E-state index is 9.04. The lowest BCUT2D eigenvalue weighted by Crippen LogP contribution is -1.98. The first-order valence-corrected chi connectivity index (χ1v) is 3.07. The molecule has 8 heavy (non-hydrogen) atoms. The molecule has 0 fully saturated rings. The van der Waals surface area contributed by atoms with Gasteiger partial charge in [-0.05, 0) is 19.2 Å². The van der Waals surface area contributed by atoms with Crippen LogP contribution in [0.25, 0.3) is 0 Å². The van der Waals surface area contributed by atoms with Crippen LogP contribution in [0.15, 0.2) is 12.2 Å². The smallest absolute Gasteiger partial charge is 0.0720 e. The Hall–Kier alpha value is -0.300. The molecule has 0 unspecified atom stereocenters. The minimum atomic E-state index is -0.291. The van der Waals surface area contributed by atoms with Crippen molar-refractivity contribution >= 4 is 0 Å². The zero-order valence-electron chi connectivity index (χ0n) is 5.88. The number of aliphatic hydroxyl groups is 1. The first-order valence-electron chi connectivity index (χ1n) is 3.65. The number of allylic oxidation sites excluding steroid dienone is 1. The maximum Gasteiger partial charge on any atom is 0.0720 e. The van der Waals surface area contributed by atoms with E-state index in [9.17, 15) is 0 Å². The molecule has 0 spiro atoms. The highest BCUT2D eigenvalue weighted by molar-refractivity contribution is 4.90. The summed E-state index contributed by atoms with van der Waals surface area (Å²) in [6.07, 6.45) is 5.83. The summed E-state index contributed by atoms with van der Waals surface area (Å²) in [5, 5.41) is 9.04. The Morgan fingerprint density at radius 2 is 2.50 bits per heavy atom. The zero-order chi connectivity index (χ0) is 6.69. The summed E-state index contributed by atoms with van der Waals surface area (Å²) in [7, 11) is 0. The molecule has 0 aromatic carbocycles. The van der Waals surface area contributed by atoms with Crippen molar-refractivity contribution in [2.24, 2.45) is 0 Å². The fraction of sp³-hybridized carbons (Fsp3) is 0.714. The van der Waals surface area contributed by atoms with E-state index in [2.05, 4.69) is 0 Å². The monoisotopic (exact) mass is 113 g/mol. The molecule has 0 radical (unpaired) electrons. The quantitative estimate of drug-likeness (QED) is 0.472. The van der Waals surface area contributed by atoms with Gasteiger partial charge >= 0.3 is 0 Å². The van der Waals surface area contributed by atoms with Crippen LogP contribution in [0.1, 0.15) is 27.0 Å². The minimum absolute atomic E-state index is 0.0813. The van der Waals surface area contributed by atoms with Gasteiger partial charge in [0.05, 0.1) is 6.10 Å². The molecule has 1 nitrogen and oxygen atoms in total. The predicted molar refractivity (Wildman–Crippen MR) is 33.6 cm³/mol. The normalized spacial score (nSPS) is 40.9. The summed E-state index contributed by atoms with van der Waals surface area (Å²) in [4.78, 5) is 0. The molecule has 0 heterocycles. The van der Waals surface area contributed by atoms with E-state index >= 15 is 0 Å². The Kier molecular flexibility index (Phi) is 1.64. The van der Waals surface area contributed by atoms with Crippen LogP contribution in [0.5, 0.6) is 0 Å². The van der Waals surface area contributed by atoms with E-state index in [0.29, 0.717) is 0 Å². The van der Waals surface area contributed by atoms with Gasteiger partial charge in [-0.2, -0.15) is 0 Å². The molecule has 0 aromatic rings. The van der Waals surface area contributed by atoms with E-state index in [1.807, 2.05) is 0 Å². The lowest BCUT2D eigenvalue weighted by atomic mass is 10.2. The van der Waals surface area contributed by atoms with Gasteiger partial charge in [0.15, 0.2) is 0 Å². The Balaban J connectivity index is 2.43. The summed E-state index contributed by atoms with van der Waals surface area (Å²) in [5.41, 5.74) is 0.